The molecule has 8 atom stereocenters. The second kappa shape index (κ2) is 12.0. The summed E-state index contributed by atoms with van der Waals surface area (Å²) in [5.74, 6) is 0.407. The Morgan fingerprint density at radius 2 is 1.82 bits per heavy atom. The molecule has 3 saturated carbocycles. The van der Waals surface area contributed by atoms with Crippen LogP contribution < -0.4 is 10.6 Å². The molecule has 0 bridgehead atoms. The third-order valence-corrected chi connectivity index (χ3v) is 10.8. The molecule has 3 fully saturated rings. The van der Waals surface area contributed by atoms with Crippen LogP contribution in [0.1, 0.15) is 98.8 Å². The molecule has 0 radical (unpaired) electrons. The summed E-state index contributed by atoms with van der Waals surface area (Å²) in [6.45, 7) is 9.61. The highest BCUT2D eigenvalue weighted by Crippen LogP contribution is 2.66. The number of carbonyl (C=O) groups excluding carboxylic acids is 3. The second-order valence-corrected chi connectivity index (χ2v) is 13.1. The monoisotopic (exact) mass is 557 g/mol. The number of nitrogens with zero attached hydrogens (tertiary/aromatic N) is 1. The van der Waals surface area contributed by atoms with Crippen molar-refractivity contribution in [2.75, 3.05) is 6.61 Å². The van der Waals surface area contributed by atoms with Gasteiger partial charge in [0, 0.05) is 5.92 Å². The molecule has 9 heteroatoms. The van der Waals surface area contributed by atoms with Crippen molar-refractivity contribution in [3.05, 3.63) is 11.6 Å². The number of rotatable bonds is 10. The minimum Gasteiger partial charge on any atom is -0.480 e. The molecule has 4 aliphatic rings. The highest BCUT2D eigenvalue weighted by atomic mass is 16.6. The largest absolute Gasteiger partial charge is 0.480 e. The van der Waals surface area contributed by atoms with Gasteiger partial charge in [-0.3, -0.25) is 14.4 Å². The Bertz CT molecular complexity index is 1080. The number of hydrogen-bond acceptors (Lipinski definition) is 6. The van der Waals surface area contributed by atoms with E-state index in [4.69, 9.17) is 4.84 Å². The zero-order valence-electron chi connectivity index (χ0n) is 24.8. The lowest BCUT2D eigenvalue weighted by molar-refractivity contribution is -0.142. The van der Waals surface area contributed by atoms with Crippen LogP contribution >= 0.6 is 0 Å². The highest BCUT2D eigenvalue weighted by molar-refractivity contribution is 5.96. The van der Waals surface area contributed by atoms with Crippen molar-refractivity contribution < 1.29 is 29.1 Å². The Hall–Kier alpha value is -2.71. The predicted octanol–water partition coefficient (Wildman–Crippen LogP) is 4.40. The lowest BCUT2D eigenvalue weighted by Gasteiger charge is -2.58. The summed E-state index contributed by atoms with van der Waals surface area (Å²) in [6.07, 6.45) is 11.6. The maximum absolute atomic E-state index is 12.4. The lowest BCUT2D eigenvalue weighted by Crippen LogP contribution is -2.51. The molecule has 2 amide bonds. The second-order valence-electron chi connectivity index (χ2n) is 13.1. The van der Waals surface area contributed by atoms with E-state index in [1.807, 2.05) is 6.92 Å². The number of Topliss-reactive ketones (excluding diaryl/α,β-unsaturated/α-hetero) is 1. The van der Waals surface area contributed by atoms with Gasteiger partial charge in [-0.15, -0.1) is 0 Å². The molecule has 0 saturated heterocycles. The minimum atomic E-state index is -1.10. The molecule has 222 valence electrons. The van der Waals surface area contributed by atoms with Gasteiger partial charge < -0.3 is 20.6 Å². The average Bonchev–Trinajstić information content (AvgIpc) is 3.26. The zero-order chi connectivity index (χ0) is 29.2. The number of fused-ring (bicyclic) bond motifs is 5. The zero-order valence-corrected chi connectivity index (χ0v) is 24.8. The van der Waals surface area contributed by atoms with Crippen molar-refractivity contribution in [1.82, 2.24) is 10.6 Å². The molecule has 40 heavy (non-hydrogen) atoms. The number of ketones is 1. The Morgan fingerprint density at radius 3 is 2.50 bits per heavy atom. The van der Waals surface area contributed by atoms with Gasteiger partial charge >= 0.3 is 5.97 Å². The number of amides is 2. The molecule has 0 aromatic rings. The van der Waals surface area contributed by atoms with Crippen LogP contribution in [0, 0.1) is 34.5 Å². The van der Waals surface area contributed by atoms with E-state index < -0.39 is 29.9 Å². The molecular weight excluding hydrogens is 510 g/mol. The van der Waals surface area contributed by atoms with Crippen molar-refractivity contribution in [2.24, 2.45) is 39.7 Å². The molecule has 4 rings (SSSR count). The number of carbonyl (C=O) groups is 4. The molecule has 0 heterocycles. The fourth-order valence-corrected chi connectivity index (χ4v) is 8.68. The number of nitrogens with one attached hydrogen (secondary N) is 2. The maximum atomic E-state index is 12.4. The number of carboxylic acids is 1. The van der Waals surface area contributed by atoms with Crippen LogP contribution in [0.3, 0.4) is 0 Å². The topological polar surface area (TPSA) is 134 Å². The van der Waals surface area contributed by atoms with Gasteiger partial charge in [0.1, 0.15) is 17.9 Å². The van der Waals surface area contributed by atoms with Crippen LogP contribution in [0.4, 0.5) is 0 Å². The van der Waals surface area contributed by atoms with Crippen LogP contribution in [-0.2, 0) is 24.0 Å². The van der Waals surface area contributed by atoms with Crippen LogP contribution in [0.5, 0.6) is 0 Å². The standard InChI is InChI=1S/C31H47N3O6/c1-6-7-26(29(38)39)33-28(37)18(2)32-27(36)17-40-34-21-12-14-30(4)20(16-21)8-9-22-24-11-10-23(19(3)35)31(24,5)15-13-25(22)30/h16,18,22-26H,6-15,17H2,1-5H3,(H,32,36)(H,33,37)(H,38,39)/b34-21+/t18-,22+,23-,24+,25+,26+,30+,31-/m1/s1. The molecule has 0 spiro atoms. The SMILES string of the molecule is CCC[C@H](NC(=O)[C@@H](C)NC(=O)CO/N=C1/C=C2CC[C@H]3[C@@H]4CC[C@H](C(C)=O)[C@@]4(C)CC[C@@H]3[C@@]2(C)CC1)C(=O)O. The summed E-state index contributed by atoms with van der Waals surface area (Å²) < 4.78 is 0. The quantitative estimate of drug-likeness (QED) is 0.341. The molecule has 0 unspecified atom stereocenters. The third kappa shape index (κ3) is 5.84. The highest BCUT2D eigenvalue weighted by Gasteiger charge is 2.59. The summed E-state index contributed by atoms with van der Waals surface area (Å²) in [5.41, 5.74) is 2.57. The average molecular weight is 558 g/mol. The first-order chi connectivity index (χ1) is 18.9. The van der Waals surface area contributed by atoms with Gasteiger partial charge in [0.25, 0.3) is 5.91 Å². The van der Waals surface area contributed by atoms with Gasteiger partial charge in [0.2, 0.25) is 5.91 Å². The summed E-state index contributed by atoms with van der Waals surface area (Å²) in [5, 5.41) is 18.5. The van der Waals surface area contributed by atoms with Crippen molar-refractivity contribution in [3.63, 3.8) is 0 Å². The summed E-state index contributed by atoms with van der Waals surface area (Å²) in [6, 6.07) is -1.87. The lowest BCUT2D eigenvalue weighted by atomic mass is 9.46. The Balaban J connectivity index is 1.31. The molecule has 3 N–H and O–H groups in total. The smallest absolute Gasteiger partial charge is 0.326 e. The Morgan fingerprint density at radius 1 is 1.07 bits per heavy atom. The number of aliphatic carboxylic acids is 1. The van der Waals surface area contributed by atoms with Gasteiger partial charge in [-0.2, -0.15) is 0 Å². The fourth-order valence-electron chi connectivity index (χ4n) is 8.68. The first kappa shape index (κ1) is 30.3. The van der Waals surface area contributed by atoms with E-state index in [-0.39, 0.29) is 23.4 Å². The number of oxime groups is 1. The van der Waals surface area contributed by atoms with Gasteiger partial charge in [0.15, 0.2) is 6.61 Å². The number of carboxylic acid groups (broad SMARTS) is 1. The minimum absolute atomic E-state index is 0.142. The molecular formula is C31H47N3O6. The molecule has 9 nitrogen and oxygen atoms in total. The van der Waals surface area contributed by atoms with E-state index in [0.717, 1.165) is 44.2 Å². The van der Waals surface area contributed by atoms with Crippen molar-refractivity contribution in [2.45, 2.75) is 111 Å². The van der Waals surface area contributed by atoms with E-state index in [0.29, 0.717) is 36.4 Å². The van der Waals surface area contributed by atoms with Crippen LogP contribution in [0.2, 0.25) is 0 Å². The van der Waals surface area contributed by atoms with Crippen LogP contribution in [-0.4, -0.2) is 53.1 Å². The Labute approximate surface area is 237 Å². The van der Waals surface area contributed by atoms with Gasteiger partial charge in [-0.25, -0.2) is 4.79 Å². The van der Waals surface area contributed by atoms with Crippen LogP contribution in [0.15, 0.2) is 16.8 Å². The van der Waals surface area contributed by atoms with Crippen LogP contribution in [0.25, 0.3) is 0 Å². The molecule has 0 aromatic carbocycles. The van der Waals surface area contributed by atoms with E-state index in [1.165, 1.54) is 25.3 Å². The van der Waals surface area contributed by atoms with Gasteiger partial charge in [0.05, 0.1) is 5.71 Å². The summed E-state index contributed by atoms with van der Waals surface area (Å²) in [4.78, 5) is 53.7. The van der Waals surface area contributed by atoms with Gasteiger partial charge in [-0.05, 0) is 106 Å². The number of hydrogen-bond donors (Lipinski definition) is 3. The third-order valence-electron chi connectivity index (χ3n) is 10.8. The molecule has 0 aromatic heterocycles. The van der Waals surface area contributed by atoms with Crippen molar-refractivity contribution in [1.29, 1.82) is 0 Å². The summed E-state index contributed by atoms with van der Waals surface area (Å²) >= 11 is 0. The van der Waals surface area contributed by atoms with Crippen molar-refractivity contribution in [3.8, 4) is 0 Å². The van der Waals surface area contributed by atoms with Gasteiger partial charge in [-0.1, -0.05) is 37.9 Å². The Kier molecular flexibility index (Phi) is 9.10. The summed E-state index contributed by atoms with van der Waals surface area (Å²) in [7, 11) is 0. The molecule has 4 aliphatic carbocycles. The molecule has 0 aliphatic heterocycles. The van der Waals surface area contributed by atoms with E-state index in [2.05, 4.69) is 35.7 Å². The first-order valence-corrected chi connectivity index (χ1v) is 15.1. The fraction of sp³-hybridized carbons (Fsp3) is 0.774. The van der Waals surface area contributed by atoms with E-state index in [9.17, 15) is 24.3 Å². The van der Waals surface area contributed by atoms with Crippen molar-refractivity contribution >= 4 is 29.3 Å². The number of allylic oxidation sites excluding steroid dienone is 2. The van der Waals surface area contributed by atoms with E-state index in [1.54, 1.807) is 6.92 Å². The maximum Gasteiger partial charge on any atom is 0.326 e. The predicted molar refractivity (Wildman–Crippen MR) is 151 cm³/mol. The van der Waals surface area contributed by atoms with E-state index >= 15 is 0 Å². The first-order valence-electron chi connectivity index (χ1n) is 15.1. The normalized spacial score (nSPS) is 35.3.